The predicted molar refractivity (Wildman–Crippen MR) is 122 cm³/mol. The third kappa shape index (κ3) is 4.83. The van der Waals surface area contributed by atoms with Gasteiger partial charge in [-0.15, -0.1) is 11.3 Å². The summed E-state index contributed by atoms with van der Waals surface area (Å²) in [5, 5.41) is 17.0. The van der Waals surface area contributed by atoms with Crippen molar-refractivity contribution in [3.05, 3.63) is 92.9 Å². The van der Waals surface area contributed by atoms with Gasteiger partial charge in [0.25, 0.3) is 5.91 Å². The van der Waals surface area contributed by atoms with Crippen molar-refractivity contribution < 1.29 is 14.3 Å². The third-order valence-corrected chi connectivity index (χ3v) is 7.15. The highest BCUT2D eigenvalue weighted by molar-refractivity contribution is 7.10. The number of likely N-dealkylation sites (tertiary alicyclic amines) is 1. The molecule has 4 rings (SSSR count). The minimum atomic E-state index is -1.11. The van der Waals surface area contributed by atoms with E-state index in [1.54, 1.807) is 18.3 Å². The number of piperidine rings is 1. The third-order valence-electron chi connectivity index (χ3n) is 5.84. The SMILES string of the molecule is C[C@@]1(O)CCN(Cc2ccccc2Cl)[C@@H](c2cccs2)[C@@H]1NC(=O)c1ccc(F)cc1. The van der Waals surface area contributed by atoms with Crippen molar-refractivity contribution in [3.63, 3.8) is 0 Å². The van der Waals surface area contributed by atoms with Crippen LogP contribution in [0.25, 0.3) is 0 Å². The molecule has 2 heterocycles. The van der Waals surface area contributed by atoms with E-state index in [0.717, 1.165) is 10.4 Å². The Balaban J connectivity index is 1.66. The molecule has 0 aliphatic carbocycles. The molecule has 1 aliphatic rings. The molecule has 31 heavy (non-hydrogen) atoms. The lowest BCUT2D eigenvalue weighted by atomic mass is 9.81. The standard InChI is InChI=1S/C24H24ClFN2O2S/c1-24(30)12-13-28(15-17-5-2-3-6-19(17)25)21(20-7-4-14-31-20)22(24)27-23(29)16-8-10-18(26)11-9-16/h2-11,14,21-22,30H,12-13,15H2,1H3,(H,27,29)/t21-,22-,24+/m0/s1. The summed E-state index contributed by atoms with van der Waals surface area (Å²) >= 11 is 8.00. The van der Waals surface area contributed by atoms with Crippen LogP contribution in [0, 0.1) is 5.82 Å². The first-order valence-electron chi connectivity index (χ1n) is 10.1. The van der Waals surface area contributed by atoms with E-state index in [1.165, 1.54) is 24.3 Å². The smallest absolute Gasteiger partial charge is 0.251 e. The van der Waals surface area contributed by atoms with Gasteiger partial charge in [0.2, 0.25) is 0 Å². The van der Waals surface area contributed by atoms with Crippen molar-refractivity contribution in [2.24, 2.45) is 0 Å². The Morgan fingerprint density at radius 1 is 1.23 bits per heavy atom. The van der Waals surface area contributed by atoms with Crippen LogP contribution >= 0.6 is 22.9 Å². The zero-order valence-corrected chi connectivity index (χ0v) is 18.7. The monoisotopic (exact) mass is 458 g/mol. The van der Waals surface area contributed by atoms with Gasteiger partial charge < -0.3 is 10.4 Å². The zero-order chi connectivity index (χ0) is 22.0. The Morgan fingerprint density at radius 2 is 1.97 bits per heavy atom. The molecule has 0 spiro atoms. The molecule has 0 unspecified atom stereocenters. The van der Waals surface area contributed by atoms with Crippen molar-refractivity contribution in [2.45, 2.75) is 37.6 Å². The van der Waals surface area contributed by atoms with Gasteiger partial charge in [-0.25, -0.2) is 4.39 Å². The topological polar surface area (TPSA) is 52.6 Å². The van der Waals surface area contributed by atoms with Gasteiger partial charge in [0.15, 0.2) is 0 Å². The van der Waals surface area contributed by atoms with E-state index < -0.39 is 17.5 Å². The number of rotatable bonds is 5. The maximum atomic E-state index is 13.3. The molecular weight excluding hydrogens is 435 g/mol. The van der Waals surface area contributed by atoms with E-state index in [4.69, 9.17) is 11.6 Å². The molecule has 1 fully saturated rings. The van der Waals surface area contributed by atoms with Crippen molar-refractivity contribution in [3.8, 4) is 0 Å². The van der Waals surface area contributed by atoms with Gasteiger partial charge in [0.05, 0.1) is 17.7 Å². The van der Waals surface area contributed by atoms with Gasteiger partial charge in [0.1, 0.15) is 5.82 Å². The fourth-order valence-electron chi connectivity index (χ4n) is 4.10. The minimum absolute atomic E-state index is 0.232. The van der Waals surface area contributed by atoms with Crippen molar-refractivity contribution >= 4 is 28.8 Å². The molecule has 0 bridgehead atoms. The highest BCUT2D eigenvalue weighted by Crippen LogP contribution is 2.40. The maximum absolute atomic E-state index is 13.3. The molecule has 3 atom stereocenters. The van der Waals surface area contributed by atoms with Gasteiger partial charge in [-0.2, -0.15) is 0 Å². The van der Waals surface area contributed by atoms with Crippen LogP contribution in [0.15, 0.2) is 66.0 Å². The molecule has 1 saturated heterocycles. The number of carbonyl (C=O) groups is 1. The van der Waals surface area contributed by atoms with Crippen LogP contribution < -0.4 is 5.32 Å². The summed E-state index contributed by atoms with van der Waals surface area (Å²) in [6.45, 7) is 3.01. The van der Waals surface area contributed by atoms with Crippen LogP contribution in [0.3, 0.4) is 0 Å². The van der Waals surface area contributed by atoms with Crippen LogP contribution in [0.4, 0.5) is 4.39 Å². The number of thiophene rings is 1. The van der Waals surface area contributed by atoms with Gasteiger partial charge >= 0.3 is 0 Å². The Labute approximate surface area is 190 Å². The molecule has 1 aromatic heterocycles. The van der Waals surface area contributed by atoms with E-state index in [-0.39, 0.29) is 11.9 Å². The second-order valence-electron chi connectivity index (χ2n) is 8.09. The average molecular weight is 459 g/mol. The molecule has 0 radical (unpaired) electrons. The maximum Gasteiger partial charge on any atom is 0.251 e. The molecule has 1 aliphatic heterocycles. The lowest BCUT2D eigenvalue weighted by Gasteiger charge is -2.48. The number of nitrogens with one attached hydrogen (secondary N) is 1. The first kappa shape index (κ1) is 22.0. The fraction of sp³-hybridized carbons (Fsp3) is 0.292. The molecule has 2 aromatic carbocycles. The van der Waals surface area contributed by atoms with Crippen LogP contribution in [-0.2, 0) is 6.54 Å². The lowest BCUT2D eigenvalue weighted by Crippen LogP contribution is -2.62. The Morgan fingerprint density at radius 3 is 2.65 bits per heavy atom. The van der Waals surface area contributed by atoms with E-state index in [1.807, 2.05) is 41.8 Å². The van der Waals surface area contributed by atoms with Crippen molar-refractivity contribution in [1.82, 2.24) is 10.2 Å². The summed E-state index contributed by atoms with van der Waals surface area (Å²) < 4.78 is 13.3. The number of aliphatic hydroxyl groups is 1. The first-order valence-corrected chi connectivity index (χ1v) is 11.4. The molecule has 162 valence electrons. The summed E-state index contributed by atoms with van der Waals surface area (Å²) in [4.78, 5) is 16.3. The van der Waals surface area contributed by atoms with E-state index in [0.29, 0.717) is 30.1 Å². The van der Waals surface area contributed by atoms with Gasteiger partial charge in [-0.1, -0.05) is 35.9 Å². The summed E-state index contributed by atoms with van der Waals surface area (Å²) in [6, 6.07) is 16.3. The molecule has 3 aromatic rings. The number of nitrogens with zero attached hydrogens (tertiary/aromatic N) is 1. The second kappa shape index (κ2) is 9.09. The van der Waals surface area contributed by atoms with Crippen molar-refractivity contribution in [2.75, 3.05) is 6.54 Å². The molecule has 1 amide bonds. The number of hydrogen-bond donors (Lipinski definition) is 2. The molecule has 0 saturated carbocycles. The van der Waals surface area contributed by atoms with Gasteiger partial charge in [0, 0.05) is 28.6 Å². The number of halogens is 2. The van der Waals surface area contributed by atoms with E-state index in [9.17, 15) is 14.3 Å². The summed E-state index contributed by atoms with van der Waals surface area (Å²) in [5.74, 6) is -0.741. The zero-order valence-electron chi connectivity index (χ0n) is 17.1. The van der Waals surface area contributed by atoms with Gasteiger partial charge in [-0.05, 0) is 60.7 Å². The minimum Gasteiger partial charge on any atom is -0.388 e. The molecule has 7 heteroatoms. The predicted octanol–water partition coefficient (Wildman–Crippen LogP) is 5.04. The Kier molecular flexibility index (Phi) is 6.44. The highest BCUT2D eigenvalue weighted by Gasteiger charge is 2.46. The van der Waals surface area contributed by atoms with Crippen LogP contribution in [0.2, 0.25) is 5.02 Å². The van der Waals surface area contributed by atoms with Crippen LogP contribution in [-0.4, -0.2) is 34.1 Å². The molecule has 4 nitrogen and oxygen atoms in total. The van der Waals surface area contributed by atoms with Gasteiger partial charge in [-0.3, -0.25) is 9.69 Å². The van der Waals surface area contributed by atoms with E-state index >= 15 is 0 Å². The second-order valence-corrected chi connectivity index (χ2v) is 9.47. The van der Waals surface area contributed by atoms with Crippen LogP contribution in [0.1, 0.15) is 40.2 Å². The summed E-state index contributed by atoms with van der Waals surface area (Å²) in [5.41, 5.74) is 0.239. The summed E-state index contributed by atoms with van der Waals surface area (Å²) in [6.07, 6.45) is 0.494. The Hall–Kier alpha value is -2.25. The quantitative estimate of drug-likeness (QED) is 0.563. The first-order chi connectivity index (χ1) is 14.8. The highest BCUT2D eigenvalue weighted by atomic mass is 35.5. The number of hydrogen-bond acceptors (Lipinski definition) is 4. The largest absolute Gasteiger partial charge is 0.388 e. The van der Waals surface area contributed by atoms with Crippen LogP contribution in [0.5, 0.6) is 0 Å². The number of carbonyl (C=O) groups excluding carboxylic acids is 1. The summed E-state index contributed by atoms with van der Waals surface area (Å²) in [7, 11) is 0. The lowest BCUT2D eigenvalue weighted by molar-refractivity contribution is -0.0656. The normalized spacial score (nSPS) is 24.1. The fourth-order valence-corrected chi connectivity index (χ4v) is 5.19. The molecule has 2 N–H and O–H groups in total. The van der Waals surface area contributed by atoms with E-state index in [2.05, 4.69) is 10.2 Å². The van der Waals surface area contributed by atoms with Crippen molar-refractivity contribution in [1.29, 1.82) is 0 Å². The average Bonchev–Trinajstić information content (AvgIpc) is 3.27. The number of amides is 1. The Bertz CT molecular complexity index is 1040. The molecular formula is C24H24ClFN2O2S. The number of benzene rings is 2.